The van der Waals surface area contributed by atoms with Gasteiger partial charge in [0.15, 0.2) is 11.5 Å². The highest BCUT2D eigenvalue weighted by Gasteiger charge is 2.12. The molecule has 7 nitrogen and oxygen atoms in total. The summed E-state index contributed by atoms with van der Waals surface area (Å²) in [6.07, 6.45) is 2.48. The maximum absolute atomic E-state index is 11.9. The van der Waals surface area contributed by atoms with Crippen LogP contribution in [0.5, 0.6) is 17.2 Å². The lowest BCUT2D eigenvalue weighted by Crippen LogP contribution is -2.24. The lowest BCUT2D eigenvalue weighted by Gasteiger charge is -2.14. The molecule has 0 aliphatic carbocycles. The zero-order valence-electron chi connectivity index (χ0n) is 19.4. The van der Waals surface area contributed by atoms with Crippen molar-refractivity contribution in [3.05, 3.63) is 81.8 Å². The highest BCUT2D eigenvalue weighted by molar-refractivity contribution is 9.10. The number of benzene rings is 3. The predicted molar refractivity (Wildman–Crippen MR) is 138 cm³/mol. The van der Waals surface area contributed by atoms with Crippen LogP contribution in [0.15, 0.2) is 70.2 Å². The molecule has 2 N–H and O–H groups in total. The molecule has 3 aromatic rings. The summed E-state index contributed by atoms with van der Waals surface area (Å²) in [5.41, 5.74) is 6.25. The number of hydrogen-bond donors (Lipinski definition) is 2. The molecule has 0 fully saturated rings. The van der Waals surface area contributed by atoms with Crippen molar-refractivity contribution in [2.24, 2.45) is 5.10 Å². The minimum atomic E-state index is -0.437. The number of carbonyl (C=O) groups is 1. The molecule has 3 aromatic carbocycles. The first-order chi connectivity index (χ1) is 16.5. The Balaban J connectivity index is 1.55. The van der Waals surface area contributed by atoms with Crippen LogP contribution in [0.3, 0.4) is 0 Å². The molecule has 8 heteroatoms. The Morgan fingerprint density at radius 1 is 1.06 bits per heavy atom. The second-order valence-electron chi connectivity index (χ2n) is 7.43. The average Bonchev–Trinajstić information content (AvgIpc) is 2.82. The largest absolute Gasteiger partial charge is 0.493 e. The third-order valence-electron chi connectivity index (χ3n) is 4.78. The van der Waals surface area contributed by atoms with Crippen molar-refractivity contribution in [1.29, 1.82) is 0 Å². The summed E-state index contributed by atoms with van der Waals surface area (Å²) in [7, 11) is 1.57. The van der Waals surface area contributed by atoms with Crippen molar-refractivity contribution in [3.8, 4) is 17.2 Å². The van der Waals surface area contributed by atoms with Gasteiger partial charge in [0.2, 0.25) is 0 Å². The molecule has 0 unspecified atom stereocenters. The first-order valence-electron chi connectivity index (χ1n) is 10.9. The number of carbonyl (C=O) groups excluding carboxylic acids is 1. The van der Waals surface area contributed by atoms with E-state index >= 15 is 0 Å². The zero-order chi connectivity index (χ0) is 24.3. The molecule has 178 valence electrons. The molecule has 0 bridgehead atoms. The molecular formula is C26H28BrN3O4. The fraction of sp³-hybridized carbons (Fsp3) is 0.231. The van der Waals surface area contributed by atoms with Gasteiger partial charge in [0, 0.05) is 5.69 Å². The molecular weight excluding hydrogens is 498 g/mol. The fourth-order valence-electron chi connectivity index (χ4n) is 3.22. The monoisotopic (exact) mass is 525 g/mol. The SMILES string of the molecule is CCc1cc(C)cc(OCCOc2c(Br)cc(/C=N\NC(=O)Nc3ccccc3)cc2OC)c1. The third-order valence-corrected chi connectivity index (χ3v) is 5.37. The number of hydrazone groups is 1. The van der Waals surface area contributed by atoms with E-state index in [2.05, 4.69) is 51.7 Å². The maximum atomic E-state index is 11.9. The number of amides is 2. The first kappa shape index (κ1) is 25.1. The van der Waals surface area contributed by atoms with Crippen LogP contribution in [-0.2, 0) is 6.42 Å². The minimum Gasteiger partial charge on any atom is -0.493 e. The van der Waals surface area contributed by atoms with E-state index in [1.165, 1.54) is 17.3 Å². The van der Waals surface area contributed by atoms with Crippen LogP contribution in [0, 0.1) is 6.92 Å². The van der Waals surface area contributed by atoms with Gasteiger partial charge in [-0.3, -0.25) is 0 Å². The normalized spacial score (nSPS) is 10.7. The van der Waals surface area contributed by atoms with Gasteiger partial charge in [-0.1, -0.05) is 31.2 Å². The van der Waals surface area contributed by atoms with E-state index in [4.69, 9.17) is 14.2 Å². The van der Waals surface area contributed by atoms with Crippen LogP contribution in [0.25, 0.3) is 0 Å². The van der Waals surface area contributed by atoms with Gasteiger partial charge >= 0.3 is 6.03 Å². The molecule has 0 aromatic heterocycles. The average molecular weight is 526 g/mol. The van der Waals surface area contributed by atoms with Crippen molar-refractivity contribution < 1.29 is 19.0 Å². The van der Waals surface area contributed by atoms with Gasteiger partial charge in [0.1, 0.15) is 19.0 Å². The number of para-hydroxylation sites is 1. The van der Waals surface area contributed by atoms with Crippen molar-refractivity contribution in [2.75, 3.05) is 25.6 Å². The lowest BCUT2D eigenvalue weighted by atomic mass is 10.1. The standard InChI is InChI=1S/C26H28BrN3O4/c1-4-19-12-18(2)13-22(14-19)33-10-11-34-25-23(27)15-20(16-24(25)32-3)17-28-30-26(31)29-21-8-6-5-7-9-21/h5-9,12-17H,4,10-11H2,1-3H3,(H2,29,30,31)/b28-17-. The Morgan fingerprint density at radius 3 is 2.56 bits per heavy atom. The van der Waals surface area contributed by atoms with E-state index in [1.54, 1.807) is 25.3 Å². The number of aryl methyl sites for hydroxylation is 2. The molecule has 34 heavy (non-hydrogen) atoms. The highest BCUT2D eigenvalue weighted by Crippen LogP contribution is 2.36. The number of nitrogens with zero attached hydrogens (tertiary/aromatic N) is 1. The number of hydrogen-bond acceptors (Lipinski definition) is 5. The summed E-state index contributed by atoms with van der Waals surface area (Å²) in [5, 5.41) is 6.68. The minimum absolute atomic E-state index is 0.346. The van der Waals surface area contributed by atoms with Gasteiger partial charge in [-0.15, -0.1) is 0 Å². The lowest BCUT2D eigenvalue weighted by molar-refractivity contribution is 0.210. The van der Waals surface area contributed by atoms with Crippen LogP contribution < -0.4 is 25.0 Å². The van der Waals surface area contributed by atoms with E-state index in [0.717, 1.165) is 17.7 Å². The second-order valence-corrected chi connectivity index (χ2v) is 8.28. The quantitative estimate of drug-likeness (QED) is 0.195. The van der Waals surface area contributed by atoms with Crippen LogP contribution in [0.4, 0.5) is 10.5 Å². The summed E-state index contributed by atoms with van der Waals surface area (Å²) in [5.74, 6) is 1.94. The van der Waals surface area contributed by atoms with E-state index in [9.17, 15) is 4.79 Å². The maximum Gasteiger partial charge on any atom is 0.339 e. The Morgan fingerprint density at radius 2 is 1.82 bits per heavy atom. The molecule has 0 atom stereocenters. The van der Waals surface area contributed by atoms with Gasteiger partial charge in [0.25, 0.3) is 0 Å². The van der Waals surface area contributed by atoms with Crippen molar-refractivity contribution in [2.45, 2.75) is 20.3 Å². The number of nitrogens with one attached hydrogen (secondary N) is 2. The smallest absolute Gasteiger partial charge is 0.339 e. The van der Waals surface area contributed by atoms with Crippen molar-refractivity contribution in [1.82, 2.24) is 5.43 Å². The molecule has 0 aliphatic heterocycles. The van der Waals surface area contributed by atoms with E-state index in [-0.39, 0.29) is 0 Å². The molecule has 0 aliphatic rings. The Kier molecular flexibility index (Phi) is 9.34. The number of methoxy groups -OCH3 is 1. The van der Waals surface area contributed by atoms with E-state index < -0.39 is 6.03 Å². The fourth-order valence-corrected chi connectivity index (χ4v) is 3.79. The molecule has 0 saturated carbocycles. The van der Waals surface area contributed by atoms with Crippen LogP contribution in [0.2, 0.25) is 0 Å². The Labute approximate surface area is 208 Å². The molecule has 0 spiro atoms. The van der Waals surface area contributed by atoms with E-state index in [1.807, 2.05) is 36.4 Å². The van der Waals surface area contributed by atoms with Crippen molar-refractivity contribution in [3.63, 3.8) is 0 Å². The zero-order valence-corrected chi connectivity index (χ0v) is 21.0. The molecule has 2 amide bonds. The summed E-state index contributed by atoms with van der Waals surface area (Å²) in [6, 6.07) is 18.5. The molecule has 0 saturated heterocycles. The first-order valence-corrected chi connectivity index (χ1v) is 11.7. The number of ether oxygens (including phenoxy) is 3. The highest BCUT2D eigenvalue weighted by atomic mass is 79.9. The number of urea groups is 1. The van der Waals surface area contributed by atoms with Crippen molar-refractivity contribution >= 4 is 33.9 Å². The Hall–Kier alpha value is -3.52. The van der Waals surface area contributed by atoms with Crippen LogP contribution in [0.1, 0.15) is 23.6 Å². The summed E-state index contributed by atoms with van der Waals surface area (Å²) in [4.78, 5) is 11.9. The number of halogens is 1. The van der Waals surface area contributed by atoms with Crippen LogP contribution >= 0.6 is 15.9 Å². The van der Waals surface area contributed by atoms with Gasteiger partial charge in [-0.25, -0.2) is 10.2 Å². The van der Waals surface area contributed by atoms with Gasteiger partial charge in [-0.2, -0.15) is 5.10 Å². The summed E-state index contributed by atoms with van der Waals surface area (Å²) in [6.45, 7) is 4.92. The molecule has 0 heterocycles. The Bertz CT molecular complexity index is 1140. The van der Waals surface area contributed by atoms with Gasteiger partial charge in [-0.05, 0) is 82.4 Å². The summed E-state index contributed by atoms with van der Waals surface area (Å²) >= 11 is 3.52. The third kappa shape index (κ3) is 7.52. The molecule has 3 rings (SSSR count). The molecule has 0 radical (unpaired) electrons. The van der Waals surface area contributed by atoms with E-state index in [0.29, 0.717) is 34.9 Å². The van der Waals surface area contributed by atoms with Gasteiger partial charge in [0.05, 0.1) is 17.8 Å². The second kappa shape index (κ2) is 12.6. The topological polar surface area (TPSA) is 81.2 Å². The number of anilines is 1. The predicted octanol–water partition coefficient (Wildman–Crippen LogP) is 5.94. The van der Waals surface area contributed by atoms with Crippen LogP contribution in [-0.4, -0.2) is 32.6 Å². The summed E-state index contributed by atoms with van der Waals surface area (Å²) < 4.78 is 17.9. The van der Waals surface area contributed by atoms with Gasteiger partial charge < -0.3 is 19.5 Å². The number of rotatable bonds is 10.